The van der Waals surface area contributed by atoms with Gasteiger partial charge in [-0.15, -0.1) is 0 Å². The molecule has 2 amide bonds. The molecule has 2 aliphatic rings. The second-order valence-electron chi connectivity index (χ2n) is 10.5. The number of carbonyl (C=O) groups excluding carboxylic acids is 2. The lowest BCUT2D eigenvalue weighted by atomic mass is 9.94. The topological polar surface area (TPSA) is 45.6 Å². The Labute approximate surface area is 211 Å². The van der Waals surface area contributed by atoms with Gasteiger partial charge >= 0.3 is 0 Å². The van der Waals surface area contributed by atoms with Crippen LogP contribution in [0.3, 0.4) is 0 Å². The van der Waals surface area contributed by atoms with E-state index >= 15 is 0 Å². The molecule has 0 N–H and O–H groups in total. The highest BCUT2D eigenvalue weighted by molar-refractivity contribution is 5.86. The molecule has 0 radical (unpaired) electrons. The zero-order chi connectivity index (χ0) is 24.5. The van der Waals surface area contributed by atoms with Gasteiger partial charge in [0.15, 0.2) is 0 Å². The van der Waals surface area contributed by atoms with Crippen LogP contribution in [0.1, 0.15) is 88.8 Å². The van der Waals surface area contributed by atoms with Crippen molar-refractivity contribution in [3.8, 4) is 0 Å². The Kier molecular flexibility index (Phi) is 9.44. The standard InChI is InChI=1S/C30H43N3O2/c1-2-3-20-32(30(35)26-15-10-11-16-26)24-29(34)33(27-17-8-5-9-18-27)23-28-19-12-21-31(28)22-25-13-6-4-7-14-25/h4,6-7,12-14,19,21,26-27H,2-3,5,8-11,15-18,20,22-24H2,1H3. The van der Waals surface area contributed by atoms with Crippen molar-refractivity contribution in [1.82, 2.24) is 14.4 Å². The minimum atomic E-state index is 0.117. The van der Waals surface area contributed by atoms with E-state index in [1.165, 1.54) is 24.8 Å². The van der Waals surface area contributed by atoms with Gasteiger partial charge in [-0.2, -0.15) is 0 Å². The van der Waals surface area contributed by atoms with Crippen LogP contribution in [0.15, 0.2) is 48.7 Å². The molecule has 0 bridgehead atoms. The first-order valence-electron chi connectivity index (χ1n) is 13.9. The average molecular weight is 478 g/mol. The van der Waals surface area contributed by atoms with Crippen LogP contribution in [0.2, 0.25) is 0 Å². The molecular formula is C30H43N3O2. The summed E-state index contributed by atoms with van der Waals surface area (Å²) in [5.41, 5.74) is 2.42. The molecule has 4 rings (SSSR count). The van der Waals surface area contributed by atoms with Crippen LogP contribution in [0.4, 0.5) is 0 Å². The molecule has 0 saturated heterocycles. The number of unbranched alkanes of at least 4 members (excludes halogenated alkanes) is 1. The lowest BCUT2D eigenvalue weighted by Gasteiger charge is -2.36. The Bertz CT molecular complexity index is 926. The van der Waals surface area contributed by atoms with Gasteiger partial charge in [0.05, 0.1) is 13.1 Å². The van der Waals surface area contributed by atoms with Crippen molar-refractivity contribution >= 4 is 11.8 Å². The van der Waals surface area contributed by atoms with Crippen molar-refractivity contribution in [3.63, 3.8) is 0 Å². The molecule has 5 heteroatoms. The molecule has 2 fully saturated rings. The summed E-state index contributed by atoms with van der Waals surface area (Å²) in [7, 11) is 0. The molecule has 5 nitrogen and oxygen atoms in total. The second kappa shape index (κ2) is 12.9. The molecule has 0 atom stereocenters. The summed E-state index contributed by atoms with van der Waals surface area (Å²) in [5.74, 6) is 0.443. The highest BCUT2D eigenvalue weighted by Gasteiger charge is 2.32. The molecule has 1 aromatic heterocycles. The third kappa shape index (κ3) is 6.99. The van der Waals surface area contributed by atoms with Crippen LogP contribution in [-0.2, 0) is 22.7 Å². The zero-order valence-electron chi connectivity index (χ0n) is 21.5. The first-order valence-corrected chi connectivity index (χ1v) is 13.9. The lowest BCUT2D eigenvalue weighted by molar-refractivity contribution is -0.145. The molecule has 1 aromatic carbocycles. The molecule has 35 heavy (non-hydrogen) atoms. The van der Waals surface area contributed by atoms with Crippen LogP contribution < -0.4 is 0 Å². The molecule has 1 heterocycles. The van der Waals surface area contributed by atoms with Crippen LogP contribution in [0.25, 0.3) is 0 Å². The summed E-state index contributed by atoms with van der Waals surface area (Å²) >= 11 is 0. The van der Waals surface area contributed by atoms with Gasteiger partial charge < -0.3 is 14.4 Å². The Morgan fingerprint density at radius 2 is 1.63 bits per heavy atom. The minimum absolute atomic E-state index is 0.117. The maximum absolute atomic E-state index is 13.9. The number of rotatable bonds is 11. The second-order valence-corrected chi connectivity index (χ2v) is 10.5. The first-order chi connectivity index (χ1) is 17.2. The first kappa shape index (κ1) is 25.5. The van der Waals surface area contributed by atoms with Crippen LogP contribution in [0.5, 0.6) is 0 Å². The zero-order valence-corrected chi connectivity index (χ0v) is 21.5. The van der Waals surface area contributed by atoms with E-state index in [9.17, 15) is 9.59 Å². The smallest absolute Gasteiger partial charge is 0.242 e. The Hall–Kier alpha value is -2.56. The molecule has 0 unspecified atom stereocenters. The van der Waals surface area contributed by atoms with Crippen molar-refractivity contribution in [2.45, 2.75) is 96.7 Å². The summed E-state index contributed by atoms with van der Waals surface area (Å²) in [6, 6.07) is 15.0. The Balaban J connectivity index is 1.50. The summed E-state index contributed by atoms with van der Waals surface area (Å²) in [5, 5.41) is 0. The van der Waals surface area contributed by atoms with E-state index in [1.807, 2.05) is 11.0 Å². The highest BCUT2D eigenvalue weighted by atomic mass is 16.2. The van der Waals surface area contributed by atoms with E-state index in [1.54, 1.807) is 0 Å². The Morgan fingerprint density at radius 3 is 2.34 bits per heavy atom. The number of amides is 2. The van der Waals surface area contributed by atoms with Gasteiger partial charge in [0, 0.05) is 36.9 Å². The lowest BCUT2D eigenvalue weighted by Crippen LogP contribution is -2.48. The summed E-state index contributed by atoms with van der Waals surface area (Å²) in [4.78, 5) is 31.2. The number of aromatic nitrogens is 1. The molecule has 0 spiro atoms. The van der Waals surface area contributed by atoms with Gasteiger partial charge in [-0.1, -0.05) is 75.8 Å². The number of hydrogen-bond acceptors (Lipinski definition) is 2. The third-order valence-corrected chi connectivity index (χ3v) is 7.91. The van der Waals surface area contributed by atoms with Crippen LogP contribution in [-0.4, -0.2) is 45.3 Å². The fourth-order valence-electron chi connectivity index (χ4n) is 5.82. The van der Waals surface area contributed by atoms with Gasteiger partial charge in [0.1, 0.15) is 0 Å². The molecule has 190 valence electrons. The van der Waals surface area contributed by atoms with Gasteiger partial charge in [0.2, 0.25) is 11.8 Å². The number of hydrogen-bond donors (Lipinski definition) is 0. The molecular weight excluding hydrogens is 434 g/mol. The molecule has 2 aromatic rings. The number of nitrogens with zero attached hydrogens (tertiary/aromatic N) is 3. The molecule has 2 saturated carbocycles. The molecule has 0 aliphatic heterocycles. The van der Waals surface area contributed by atoms with Gasteiger partial charge in [0.25, 0.3) is 0 Å². The highest BCUT2D eigenvalue weighted by Crippen LogP contribution is 2.28. The van der Waals surface area contributed by atoms with Crippen LogP contribution >= 0.6 is 0 Å². The van der Waals surface area contributed by atoms with E-state index < -0.39 is 0 Å². The van der Waals surface area contributed by atoms with E-state index in [0.29, 0.717) is 13.1 Å². The largest absolute Gasteiger partial charge is 0.345 e. The SMILES string of the molecule is CCCCN(CC(=O)N(Cc1cccn1Cc1ccccc1)C1CCCCC1)C(=O)C1CCCC1. The minimum Gasteiger partial charge on any atom is -0.345 e. The van der Waals surface area contributed by atoms with Crippen molar-refractivity contribution in [3.05, 3.63) is 59.9 Å². The van der Waals surface area contributed by atoms with E-state index in [0.717, 1.165) is 63.6 Å². The van der Waals surface area contributed by atoms with Gasteiger partial charge in [-0.05, 0) is 49.8 Å². The number of benzene rings is 1. The maximum Gasteiger partial charge on any atom is 0.242 e. The summed E-state index contributed by atoms with van der Waals surface area (Å²) < 4.78 is 2.26. The Morgan fingerprint density at radius 1 is 0.914 bits per heavy atom. The van der Waals surface area contributed by atoms with Crippen molar-refractivity contribution in [2.75, 3.05) is 13.1 Å². The number of carbonyl (C=O) groups is 2. The molecule has 2 aliphatic carbocycles. The third-order valence-electron chi connectivity index (χ3n) is 7.91. The van der Waals surface area contributed by atoms with E-state index in [2.05, 4.69) is 59.0 Å². The van der Waals surface area contributed by atoms with Gasteiger partial charge in [-0.25, -0.2) is 0 Å². The predicted molar refractivity (Wildman–Crippen MR) is 141 cm³/mol. The fourth-order valence-corrected chi connectivity index (χ4v) is 5.82. The fraction of sp³-hybridized carbons (Fsp3) is 0.600. The quantitative estimate of drug-likeness (QED) is 0.397. The normalized spacial score (nSPS) is 16.9. The maximum atomic E-state index is 13.9. The van der Waals surface area contributed by atoms with Gasteiger partial charge in [-0.3, -0.25) is 9.59 Å². The monoisotopic (exact) mass is 477 g/mol. The van der Waals surface area contributed by atoms with E-state index in [-0.39, 0.29) is 30.3 Å². The summed E-state index contributed by atoms with van der Waals surface area (Å²) in [6.45, 7) is 4.49. The summed E-state index contributed by atoms with van der Waals surface area (Å²) in [6.07, 6.45) is 14.1. The average Bonchev–Trinajstić information content (AvgIpc) is 3.58. The van der Waals surface area contributed by atoms with Crippen molar-refractivity contribution in [1.29, 1.82) is 0 Å². The van der Waals surface area contributed by atoms with Crippen molar-refractivity contribution < 1.29 is 9.59 Å². The van der Waals surface area contributed by atoms with Crippen LogP contribution in [0, 0.1) is 5.92 Å². The van der Waals surface area contributed by atoms with E-state index in [4.69, 9.17) is 0 Å². The predicted octanol–water partition coefficient (Wildman–Crippen LogP) is 6.02. The van der Waals surface area contributed by atoms with Crippen molar-refractivity contribution in [2.24, 2.45) is 5.92 Å².